The molecule has 26 heavy (non-hydrogen) atoms. The SMILES string of the molecule is Cc1ccc(-c2ccn(-c3ccc(C)c(C(C)OC(N)=O)c3)n2)c(C)c1. The topological polar surface area (TPSA) is 70.1 Å². The molecule has 3 aromatic rings. The maximum absolute atomic E-state index is 11.0. The van der Waals surface area contributed by atoms with E-state index in [1.165, 1.54) is 11.1 Å². The molecule has 2 aromatic carbocycles. The summed E-state index contributed by atoms with van der Waals surface area (Å²) < 4.78 is 6.95. The largest absolute Gasteiger partial charge is 0.442 e. The Labute approximate surface area is 153 Å². The summed E-state index contributed by atoms with van der Waals surface area (Å²) in [5, 5.41) is 4.72. The first kappa shape index (κ1) is 17.7. The summed E-state index contributed by atoms with van der Waals surface area (Å²) in [6.45, 7) is 7.96. The molecule has 1 atom stereocenters. The van der Waals surface area contributed by atoms with Crippen molar-refractivity contribution in [1.29, 1.82) is 0 Å². The Morgan fingerprint density at radius 3 is 2.54 bits per heavy atom. The van der Waals surface area contributed by atoms with E-state index in [1.807, 2.05) is 42.1 Å². The fraction of sp³-hybridized carbons (Fsp3) is 0.238. The maximum atomic E-state index is 11.0. The molecule has 0 bridgehead atoms. The molecule has 2 N–H and O–H groups in total. The van der Waals surface area contributed by atoms with Crippen LogP contribution in [0, 0.1) is 20.8 Å². The third-order valence-corrected chi connectivity index (χ3v) is 4.51. The molecule has 134 valence electrons. The fourth-order valence-electron chi connectivity index (χ4n) is 3.16. The van der Waals surface area contributed by atoms with Gasteiger partial charge >= 0.3 is 6.09 Å². The van der Waals surface area contributed by atoms with Crippen molar-refractivity contribution in [3.05, 3.63) is 70.9 Å². The van der Waals surface area contributed by atoms with Gasteiger partial charge in [0, 0.05) is 11.8 Å². The molecule has 1 heterocycles. The highest BCUT2D eigenvalue weighted by atomic mass is 16.6. The molecule has 5 nitrogen and oxygen atoms in total. The third kappa shape index (κ3) is 3.61. The normalized spacial score (nSPS) is 12.0. The van der Waals surface area contributed by atoms with Gasteiger partial charge in [-0.25, -0.2) is 9.48 Å². The van der Waals surface area contributed by atoms with Gasteiger partial charge in [-0.05, 0) is 62.6 Å². The van der Waals surface area contributed by atoms with E-state index >= 15 is 0 Å². The van der Waals surface area contributed by atoms with Gasteiger partial charge in [0.15, 0.2) is 0 Å². The Morgan fingerprint density at radius 1 is 1.08 bits per heavy atom. The number of aryl methyl sites for hydroxylation is 3. The van der Waals surface area contributed by atoms with Gasteiger partial charge in [-0.3, -0.25) is 0 Å². The van der Waals surface area contributed by atoms with Crippen LogP contribution in [0.1, 0.15) is 35.3 Å². The van der Waals surface area contributed by atoms with Crippen molar-refractivity contribution in [2.75, 3.05) is 0 Å². The minimum atomic E-state index is -0.779. The van der Waals surface area contributed by atoms with Crippen LogP contribution in [0.15, 0.2) is 48.7 Å². The number of nitrogens with two attached hydrogens (primary N) is 1. The number of carbonyl (C=O) groups excluding carboxylic acids is 1. The minimum Gasteiger partial charge on any atom is -0.442 e. The Hall–Kier alpha value is -3.08. The van der Waals surface area contributed by atoms with Crippen LogP contribution >= 0.6 is 0 Å². The van der Waals surface area contributed by atoms with Crippen LogP contribution in [0.5, 0.6) is 0 Å². The quantitative estimate of drug-likeness (QED) is 0.747. The Kier molecular flexibility index (Phi) is 4.80. The summed E-state index contributed by atoms with van der Waals surface area (Å²) in [4.78, 5) is 11.0. The van der Waals surface area contributed by atoms with Crippen molar-refractivity contribution < 1.29 is 9.53 Å². The molecular formula is C21H23N3O2. The van der Waals surface area contributed by atoms with Crippen LogP contribution in [0.4, 0.5) is 4.79 Å². The van der Waals surface area contributed by atoms with Crippen molar-refractivity contribution in [1.82, 2.24) is 9.78 Å². The van der Waals surface area contributed by atoms with Gasteiger partial charge < -0.3 is 10.5 Å². The zero-order chi connectivity index (χ0) is 18.8. The molecule has 1 aromatic heterocycles. The molecule has 5 heteroatoms. The van der Waals surface area contributed by atoms with Crippen molar-refractivity contribution in [2.24, 2.45) is 5.73 Å². The molecule has 0 spiro atoms. The highest BCUT2D eigenvalue weighted by molar-refractivity contribution is 5.65. The second-order valence-electron chi connectivity index (χ2n) is 6.58. The number of aromatic nitrogens is 2. The van der Waals surface area contributed by atoms with Gasteiger partial charge in [-0.2, -0.15) is 5.10 Å². The number of ether oxygens (including phenoxy) is 1. The molecule has 0 fully saturated rings. The minimum absolute atomic E-state index is 0.415. The zero-order valence-electron chi connectivity index (χ0n) is 15.5. The molecule has 0 aliphatic rings. The number of primary amides is 1. The molecule has 3 rings (SSSR count). The van der Waals surface area contributed by atoms with E-state index in [0.29, 0.717) is 0 Å². The van der Waals surface area contributed by atoms with E-state index < -0.39 is 12.2 Å². The van der Waals surface area contributed by atoms with E-state index in [0.717, 1.165) is 28.1 Å². The van der Waals surface area contributed by atoms with Crippen molar-refractivity contribution in [3.63, 3.8) is 0 Å². The lowest BCUT2D eigenvalue weighted by Crippen LogP contribution is -2.16. The van der Waals surface area contributed by atoms with Gasteiger partial charge in [0.05, 0.1) is 11.4 Å². The number of carbonyl (C=O) groups is 1. The van der Waals surface area contributed by atoms with E-state index in [1.54, 1.807) is 6.92 Å². The monoisotopic (exact) mass is 349 g/mol. The molecule has 0 radical (unpaired) electrons. The highest BCUT2D eigenvalue weighted by Gasteiger charge is 2.14. The van der Waals surface area contributed by atoms with Gasteiger partial charge in [-0.1, -0.05) is 29.8 Å². The Bertz CT molecular complexity index is 960. The average molecular weight is 349 g/mol. The number of amides is 1. The zero-order valence-corrected chi connectivity index (χ0v) is 15.5. The highest BCUT2D eigenvalue weighted by Crippen LogP contribution is 2.26. The summed E-state index contributed by atoms with van der Waals surface area (Å²) in [7, 11) is 0. The van der Waals surface area contributed by atoms with Crippen LogP contribution in [0.2, 0.25) is 0 Å². The Morgan fingerprint density at radius 2 is 1.85 bits per heavy atom. The lowest BCUT2D eigenvalue weighted by Gasteiger charge is -2.15. The van der Waals surface area contributed by atoms with Gasteiger partial charge in [0.2, 0.25) is 0 Å². The number of rotatable bonds is 4. The standard InChI is InChI=1S/C21H23N3O2/c1-13-5-8-18(15(3)11-13)20-9-10-24(23-20)17-7-6-14(2)19(12-17)16(4)26-21(22)25/h5-12,16H,1-4H3,(H2,22,25). The molecule has 1 unspecified atom stereocenters. The van der Waals surface area contributed by atoms with E-state index in [9.17, 15) is 4.79 Å². The van der Waals surface area contributed by atoms with Gasteiger partial charge in [0.1, 0.15) is 6.10 Å². The first-order valence-electron chi connectivity index (χ1n) is 8.55. The van der Waals surface area contributed by atoms with E-state index in [-0.39, 0.29) is 0 Å². The molecule has 1 amide bonds. The molecule has 0 saturated heterocycles. The van der Waals surface area contributed by atoms with Crippen molar-refractivity contribution >= 4 is 6.09 Å². The fourth-order valence-corrected chi connectivity index (χ4v) is 3.16. The smallest absolute Gasteiger partial charge is 0.405 e. The maximum Gasteiger partial charge on any atom is 0.405 e. The van der Waals surface area contributed by atoms with E-state index in [2.05, 4.69) is 32.0 Å². The lowest BCUT2D eigenvalue weighted by molar-refractivity contribution is 0.116. The average Bonchev–Trinajstić information content (AvgIpc) is 3.04. The Balaban J connectivity index is 1.95. The van der Waals surface area contributed by atoms with Gasteiger partial charge in [0.25, 0.3) is 0 Å². The number of hydrogen-bond acceptors (Lipinski definition) is 3. The number of hydrogen-bond donors (Lipinski definition) is 1. The van der Waals surface area contributed by atoms with Crippen molar-refractivity contribution in [2.45, 2.75) is 33.8 Å². The third-order valence-electron chi connectivity index (χ3n) is 4.51. The van der Waals surface area contributed by atoms with Crippen molar-refractivity contribution in [3.8, 4) is 16.9 Å². The molecule has 0 saturated carbocycles. The first-order chi connectivity index (χ1) is 12.3. The first-order valence-corrected chi connectivity index (χ1v) is 8.55. The predicted octanol–water partition coefficient (Wildman–Crippen LogP) is 4.62. The predicted molar refractivity (Wildman–Crippen MR) is 102 cm³/mol. The molecule has 0 aliphatic heterocycles. The second kappa shape index (κ2) is 7.04. The summed E-state index contributed by atoms with van der Waals surface area (Å²) in [5.41, 5.74) is 12.5. The molecular weight excluding hydrogens is 326 g/mol. The van der Waals surface area contributed by atoms with Crippen LogP contribution < -0.4 is 5.73 Å². The van der Waals surface area contributed by atoms with Crippen LogP contribution in [-0.4, -0.2) is 15.9 Å². The molecule has 0 aliphatic carbocycles. The van der Waals surface area contributed by atoms with Crippen LogP contribution in [0.25, 0.3) is 16.9 Å². The van der Waals surface area contributed by atoms with E-state index in [4.69, 9.17) is 15.6 Å². The summed E-state index contributed by atoms with van der Waals surface area (Å²) in [6.07, 6.45) is 0.739. The van der Waals surface area contributed by atoms with Gasteiger partial charge in [-0.15, -0.1) is 0 Å². The number of nitrogens with zero attached hydrogens (tertiary/aromatic N) is 2. The second-order valence-corrected chi connectivity index (χ2v) is 6.58. The lowest BCUT2D eigenvalue weighted by atomic mass is 10.0. The van der Waals surface area contributed by atoms with Crippen LogP contribution in [-0.2, 0) is 4.74 Å². The summed E-state index contributed by atoms with van der Waals surface area (Å²) in [6, 6.07) is 14.3. The summed E-state index contributed by atoms with van der Waals surface area (Å²) in [5.74, 6) is 0. The van der Waals surface area contributed by atoms with Crippen LogP contribution in [0.3, 0.4) is 0 Å². The number of benzene rings is 2. The summed E-state index contributed by atoms with van der Waals surface area (Å²) >= 11 is 0.